The number of thioether (sulfide) groups is 1. The summed E-state index contributed by atoms with van der Waals surface area (Å²) in [6.07, 6.45) is 0. The Balaban J connectivity index is 1.78. The van der Waals surface area contributed by atoms with E-state index in [1.807, 2.05) is 36.9 Å². The first-order valence-corrected chi connectivity index (χ1v) is 11.4. The van der Waals surface area contributed by atoms with Crippen LogP contribution in [0.4, 0.5) is 5.69 Å². The highest BCUT2D eigenvalue weighted by molar-refractivity contribution is 8.13. The predicted octanol–water partition coefficient (Wildman–Crippen LogP) is 5.56. The van der Waals surface area contributed by atoms with Crippen LogP contribution in [0.1, 0.15) is 25.0 Å². The van der Waals surface area contributed by atoms with E-state index >= 15 is 0 Å². The van der Waals surface area contributed by atoms with Crippen molar-refractivity contribution in [3.8, 4) is 11.5 Å². The van der Waals surface area contributed by atoms with Crippen LogP contribution >= 0.6 is 35.0 Å². The molecule has 0 unspecified atom stereocenters. The lowest BCUT2D eigenvalue weighted by Gasteiger charge is -2.33. The van der Waals surface area contributed by atoms with Crippen molar-refractivity contribution in [1.29, 1.82) is 0 Å². The van der Waals surface area contributed by atoms with Crippen molar-refractivity contribution in [1.82, 2.24) is 4.90 Å². The fourth-order valence-corrected chi connectivity index (χ4v) is 5.22. The summed E-state index contributed by atoms with van der Waals surface area (Å²) < 4.78 is 10.9. The van der Waals surface area contributed by atoms with E-state index in [9.17, 15) is 4.79 Å². The van der Waals surface area contributed by atoms with Crippen LogP contribution in [0, 0.1) is 5.92 Å². The van der Waals surface area contributed by atoms with E-state index < -0.39 is 6.04 Å². The Kier molecular flexibility index (Phi) is 6.19. The summed E-state index contributed by atoms with van der Waals surface area (Å²) in [7, 11) is 3.15. The van der Waals surface area contributed by atoms with Gasteiger partial charge in [-0.15, -0.1) is 0 Å². The van der Waals surface area contributed by atoms with E-state index in [0.717, 1.165) is 11.1 Å². The molecule has 162 valence electrons. The summed E-state index contributed by atoms with van der Waals surface area (Å²) in [5.74, 6) is 2.16. The molecular weight excluding hydrogens is 457 g/mol. The molecule has 2 aromatic carbocycles. The average Bonchev–Trinajstić information content (AvgIpc) is 3.09. The number of carbonyl (C=O) groups is 1. The Morgan fingerprint density at radius 1 is 1.10 bits per heavy atom. The van der Waals surface area contributed by atoms with Crippen LogP contribution < -0.4 is 9.47 Å². The molecule has 9 heteroatoms. The molecule has 0 radical (unpaired) electrons. The maximum Gasteiger partial charge on any atom is 0.271 e. The standard InChI is InChI=1S/C22H21Cl2N3O3S/c1-11(2)19-21(28)26-20-14-8-17(29-3)18(30-4)9-16(14)25-22(27(19)20)31-10-12-5-6-13(23)7-15(12)24/h5-9,11,19H,10H2,1-4H3/t19-/m0/s1. The Labute approximate surface area is 195 Å². The van der Waals surface area contributed by atoms with E-state index in [-0.39, 0.29) is 11.8 Å². The summed E-state index contributed by atoms with van der Waals surface area (Å²) in [4.78, 5) is 24.0. The first-order chi connectivity index (χ1) is 14.8. The minimum absolute atomic E-state index is 0.0559. The Hall–Kier alpha value is -2.22. The van der Waals surface area contributed by atoms with E-state index in [4.69, 9.17) is 37.7 Å². The number of ether oxygens (including phenoxy) is 2. The minimum Gasteiger partial charge on any atom is -0.493 e. The zero-order chi connectivity index (χ0) is 22.3. The van der Waals surface area contributed by atoms with Gasteiger partial charge < -0.3 is 9.47 Å². The van der Waals surface area contributed by atoms with Crippen LogP contribution in [-0.4, -0.2) is 42.1 Å². The minimum atomic E-state index is -0.414. The second-order valence-corrected chi connectivity index (χ2v) is 9.26. The molecule has 0 N–H and O–H groups in total. The van der Waals surface area contributed by atoms with Gasteiger partial charge in [-0.05, 0) is 29.7 Å². The molecule has 2 aliphatic rings. The topological polar surface area (TPSA) is 63.5 Å². The van der Waals surface area contributed by atoms with Crippen LogP contribution in [0.3, 0.4) is 0 Å². The smallest absolute Gasteiger partial charge is 0.271 e. The van der Waals surface area contributed by atoms with Crippen molar-refractivity contribution in [2.24, 2.45) is 15.9 Å². The predicted molar refractivity (Wildman–Crippen MR) is 126 cm³/mol. The quantitative estimate of drug-likeness (QED) is 0.563. The summed E-state index contributed by atoms with van der Waals surface area (Å²) in [5, 5.41) is 1.87. The lowest BCUT2D eigenvalue weighted by atomic mass is 10.0. The lowest BCUT2D eigenvalue weighted by Crippen LogP contribution is -2.46. The fourth-order valence-electron chi connectivity index (χ4n) is 3.63. The third-order valence-electron chi connectivity index (χ3n) is 5.14. The number of amides is 1. The first-order valence-electron chi connectivity index (χ1n) is 9.67. The number of hydrogen-bond donors (Lipinski definition) is 0. The second kappa shape index (κ2) is 8.73. The van der Waals surface area contributed by atoms with Gasteiger partial charge in [0.2, 0.25) is 0 Å². The van der Waals surface area contributed by atoms with Gasteiger partial charge in [-0.25, -0.2) is 4.99 Å². The molecule has 2 heterocycles. The molecule has 2 aromatic rings. The van der Waals surface area contributed by atoms with E-state index in [2.05, 4.69) is 4.99 Å². The number of rotatable bonds is 5. The molecular formula is C22H21Cl2N3O3S. The van der Waals surface area contributed by atoms with Crippen molar-refractivity contribution in [3.63, 3.8) is 0 Å². The van der Waals surface area contributed by atoms with Crippen molar-refractivity contribution < 1.29 is 14.3 Å². The van der Waals surface area contributed by atoms with Gasteiger partial charge >= 0.3 is 0 Å². The largest absolute Gasteiger partial charge is 0.493 e. The van der Waals surface area contributed by atoms with Crippen molar-refractivity contribution in [2.75, 3.05) is 14.2 Å². The molecule has 0 bridgehead atoms. The third kappa shape index (κ3) is 4.02. The number of carbonyl (C=O) groups excluding carboxylic acids is 1. The number of benzene rings is 2. The highest BCUT2D eigenvalue weighted by Gasteiger charge is 2.43. The zero-order valence-corrected chi connectivity index (χ0v) is 19.8. The molecule has 0 spiro atoms. The molecule has 1 amide bonds. The fraction of sp³-hybridized carbons (Fsp3) is 0.318. The number of methoxy groups -OCH3 is 2. The number of nitrogens with zero attached hydrogens (tertiary/aromatic N) is 3. The Bertz CT molecular complexity index is 1120. The molecule has 0 saturated carbocycles. The van der Waals surface area contributed by atoms with E-state index in [1.165, 1.54) is 11.8 Å². The van der Waals surface area contributed by atoms with Crippen LogP contribution in [0.15, 0.2) is 40.3 Å². The maximum absolute atomic E-state index is 12.8. The molecule has 31 heavy (non-hydrogen) atoms. The van der Waals surface area contributed by atoms with Gasteiger partial charge in [-0.2, -0.15) is 4.99 Å². The highest BCUT2D eigenvalue weighted by atomic mass is 35.5. The van der Waals surface area contributed by atoms with Gasteiger partial charge in [-0.3, -0.25) is 9.69 Å². The first kappa shape index (κ1) is 22.0. The number of fused-ring (bicyclic) bond motifs is 3. The van der Waals surface area contributed by atoms with E-state index in [1.54, 1.807) is 26.4 Å². The molecule has 0 aliphatic carbocycles. The van der Waals surface area contributed by atoms with Crippen molar-refractivity contribution in [3.05, 3.63) is 51.5 Å². The van der Waals surface area contributed by atoms with Gasteiger partial charge in [0.25, 0.3) is 5.91 Å². The van der Waals surface area contributed by atoms with Gasteiger partial charge in [0.1, 0.15) is 11.9 Å². The number of aliphatic imine (C=N–C) groups is 2. The molecule has 0 fully saturated rings. The highest BCUT2D eigenvalue weighted by Crippen LogP contribution is 2.42. The second-order valence-electron chi connectivity index (χ2n) is 7.48. The van der Waals surface area contributed by atoms with Gasteiger partial charge in [0, 0.05) is 27.4 Å². The summed E-state index contributed by atoms with van der Waals surface area (Å²) in [6, 6.07) is 8.63. The van der Waals surface area contributed by atoms with Crippen LogP contribution in [0.2, 0.25) is 10.0 Å². The van der Waals surface area contributed by atoms with Gasteiger partial charge in [-0.1, -0.05) is 54.9 Å². The molecule has 2 aliphatic heterocycles. The number of hydrogen-bond acceptors (Lipinski definition) is 6. The molecule has 4 rings (SSSR count). The summed E-state index contributed by atoms with van der Waals surface area (Å²) >= 11 is 13.9. The zero-order valence-electron chi connectivity index (χ0n) is 17.5. The van der Waals surface area contributed by atoms with Crippen LogP contribution in [0.25, 0.3) is 0 Å². The molecule has 0 aromatic heterocycles. The maximum atomic E-state index is 12.8. The Morgan fingerprint density at radius 3 is 2.45 bits per heavy atom. The Morgan fingerprint density at radius 2 is 1.81 bits per heavy atom. The third-order valence-corrected chi connectivity index (χ3v) is 6.73. The van der Waals surface area contributed by atoms with Crippen molar-refractivity contribution in [2.45, 2.75) is 25.6 Å². The monoisotopic (exact) mass is 477 g/mol. The molecule has 1 atom stereocenters. The van der Waals surface area contributed by atoms with Crippen LogP contribution in [-0.2, 0) is 10.5 Å². The number of halogens is 2. The summed E-state index contributed by atoms with van der Waals surface area (Å²) in [5.41, 5.74) is 2.35. The molecule has 6 nitrogen and oxygen atoms in total. The SMILES string of the molecule is COc1cc2c(cc1OC)C1=NC(=O)[C@H](C(C)C)N1C(SCc1ccc(Cl)cc1Cl)=N2. The van der Waals surface area contributed by atoms with Gasteiger partial charge in [0.15, 0.2) is 16.7 Å². The average molecular weight is 478 g/mol. The van der Waals surface area contributed by atoms with Crippen LogP contribution in [0.5, 0.6) is 11.5 Å². The summed E-state index contributed by atoms with van der Waals surface area (Å²) in [6.45, 7) is 4.01. The normalized spacial score (nSPS) is 17.3. The molecule has 0 saturated heterocycles. The lowest BCUT2D eigenvalue weighted by molar-refractivity contribution is -0.120. The van der Waals surface area contributed by atoms with E-state index in [0.29, 0.717) is 44.0 Å². The van der Waals surface area contributed by atoms with Gasteiger partial charge in [0.05, 0.1) is 19.9 Å². The number of amidine groups is 2. The van der Waals surface area contributed by atoms with Crippen molar-refractivity contribution >= 4 is 57.6 Å².